The van der Waals surface area contributed by atoms with Crippen LogP contribution in [0.5, 0.6) is 5.75 Å². The summed E-state index contributed by atoms with van der Waals surface area (Å²) in [6.45, 7) is 5.99. The van der Waals surface area contributed by atoms with Gasteiger partial charge in [-0.2, -0.15) is 0 Å². The van der Waals surface area contributed by atoms with Gasteiger partial charge in [0.25, 0.3) is 5.91 Å². The molecule has 0 radical (unpaired) electrons. The van der Waals surface area contributed by atoms with Crippen LogP contribution in [0.4, 0.5) is 0 Å². The Hall–Kier alpha value is -1.92. The molecule has 0 saturated carbocycles. The van der Waals surface area contributed by atoms with E-state index >= 15 is 0 Å². The third-order valence-corrected chi connectivity index (χ3v) is 4.26. The second kappa shape index (κ2) is 7.38. The van der Waals surface area contributed by atoms with E-state index in [0.29, 0.717) is 12.3 Å². The number of ether oxygens (including phenoxy) is 1. The molecule has 1 unspecified atom stereocenters. The van der Waals surface area contributed by atoms with Gasteiger partial charge in [0.1, 0.15) is 5.75 Å². The number of amides is 1. The van der Waals surface area contributed by atoms with Crippen molar-refractivity contribution in [3.63, 3.8) is 0 Å². The first-order valence-corrected chi connectivity index (χ1v) is 7.88. The van der Waals surface area contributed by atoms with Crippen molar-refractivity contribution in [2.24, 2.45) is 0 Å². The topological polar surface area (TPSA) is 71.5 Å². The third kappa shape index (κ3) is 4.29. The summed E-state index contributed by atoms with van der Waals surface area (Å²) in [6, 6.07) is 7.07. The predicted octanol–water partition coefficient (Wildman–Crippen LogP) is 2.34. The first kappa shape index (κ1) is 16.5. The van der Waals surface area contributed by atoms with Crippen LogP contribution in [-0.4, -0.2) is 22.1 Å². The van der Waals surface area contributed by atoms with Crippen molar-refractivity contribution in [2.45, 2.75) is 40.0 Å². The largest absolute Gasteiger partial charge is 0.481 e. The highest BCUT2D eigenvalue weighted by Crippen LogP contribution is 2.17. The van der Waals surface area contributed by atoms with Crippen molar-refractivity contribution in [3.8, 4) is 5.75 Å². The quantitative estimate of drug-likeness (QED) is 0.857. The van der Waals surface area contributed by atoms with Crippen LogP contribution in [0, 0.1) is 13.8 Å². The zero-order valence-electron chi connectivity index (χ0n) is 12.9. The van der Waals surface area contributed by atoms with Gasteiger partial charge in [0.2, 0.25) is 0 Å². The number of hydrogen-bond donors (Lipinski definition) is 2. The number of hydrogen-bond acceptors (Lipinski definition) is 5. The average molecular weight is 320 g/mol. The summed E-state index contributed by atoms with van der Waals surface area (Å²) in [6.07, 6.45) is -0.608. The summed E-state index contributed by atoms with van der Waals surface area (Å²) in [5.74, 6) is 0.388. The second-order valence-corrected chi connectivity index (χ2v) is 6.31. The highest BCUT2D eigenvalue weighted by Gasteiger charge is 2.15. The van der Waals surface area contributed by atoms with Crippen LogP contribution in [0.3, 0.4) is 0 Å². The molecule has 1 atom stereocenters. The molecule has 2 aromatic rings. The van der Waals surface area contributed by atoms with Crippen LogP contribution >= 0.6 is 11.3 Å². The Labute approximate surface area is 134 Å². The molecule has 5 nitrogen and oxygen atoms in total. The summed E-state index contributed by atoms with van der Waals surface area (Å²) < 4.78 is 5.61. The molecule has 0 aliphatic rings. The first-order chi connectivity index (χ1) is 10.5. The number of aliphatic hydroxyl groups excluding tert-OH is 1. The minimum Gasteiger partial charge on any atom is -0.481 e. The van der Waals surface area contributed by atoms with Gasteiger partial charge in [-0.3, -0.25) is 4.79 Å². The van der Waals surface area contributed by atoms with Crippen LogP contribution < -0.4 is 10.1 Å². The Kier molecular flexibility index (Phi) is 5.51. The van der Waals surface area contributed by atoms with Gasteiger partial charge in [0, 0.05) is 4.88 Å². The number of aromatic nitrogens is 1. The molecule has 0 bridgehead atoms. The number of nitrogens with one attached hydrogen (secondary N) is 1. The lowest BCUT2D eigenvalue weighted by molar-refractivity contribution is -0.127. The van der Waals surface area contributed by atoms with E-state index in [1.807, 2.05) is 13.8 Å². The van der Waals surface area contributed by atoms with Crippen molar-refractivity contribution < 1.29 is 14.6 Å². The van der Waals surface area contributed by atoms with Crippen molar-refractivity contribution in [1.29, 1.82) is 0 Å². The Morgan fingerprint density at radius 1 is 1.45 bits per heavy atom. The Balaban J connectivity index is 1.90. The molecule has 0 saturated heterocycles. The summed E-state index contributed by atoms with van der Waals surface area (Å²) in [5, 5.41) is 13.0. The minimum atomic E-state index is -0.608. The summed E-state index contributed by atoms with van der Waals surface area (Å²) in [7, 11) is 0. The number of nitrogens with zero attached hydrogens (tertiary/aromatic N) is 1. The Morgan fingerprint density at radius 3 is 2.86 bits per heavy atom. The zero-order chi connectivity index (χ0) is 16.1. The molecule has 0 spiro atoms. The Morgan fingerprint density at radius 2 is 2.23 bits per heavy atom. The van der Waals surface area contributed by atoms with E-state index in [4.69, 9.17) is 9.84 Å². The van der Waals surface area contributed by atoms with E-state index in [9.17, 15) is 4.79 Å². The SMILES string of the molecule is Cc1nc(C)c(CNC(=O)C(C)Oc2cccc(CO)c2)s1. The molecule has 0 aliphatic carbocycles. The molecule has 0 aliphatic heterocycles. The summed E-state index contributed by atoms with van der Waals surface area (Å²) in [5.41, 5.74) is 1.70. The van der Waals surface area contributed by atoms with Gasteiger partial charge in [0.05, 0.1) is 23.9 Å². The third-order valence-electron chi connectivity index (χ3n) is 3.19. The van der Waals surface area contributed by atoms with Crippen LogP contribution in [-0.2, 0) is 17.9 Å². The maximum Gasteiger partial charge on any atom is 0.261 e. The molecule has 118 valence electrons. The summed E-state index contributed by atoms with van der Waals surface area (Å²) in [4.78, 5) is 17.5. The predicted molar refractivity (Wildman–Crippen MR) is 85.9 cm³/mol. The first-order valence-electron chi connectivity index (χ1n) is 7.06. The van der Waals surface area contributed by atoms with Crippen molar-refractivity contribution >= 4 is 17.2 Å². The van der Waals surface area contributed by atoms with E-state index in [-0.39, 0.29) is 12.5 Å². The normalized spacial score (nSPS) is 12.0. The molecule has 1 heterocycles. The molecule has 1 aromatic carbocycles. The molecule has 1 amide bonds. The lowest BCUT2D eigenvalue weighted by atomic mass is 10.2. The second-order valence-electron chi connectivity index (χ2n) is 5.02. The molecular weight excluding hydrogens is 300 g/mol. The standard InChI is InChI=1S/C16H20N2O3S/c1-10-15(22-12(3)18-10)8-17-16(20)11(2)21-14-6-4-5-13(7-14)9-19/h4-7,11,19H,8-9H2,1-3H3,(H,17,20). The number of carbonyl (C=O) groups excluding carboxylic acids is 1. The molecule has 1 aromatic heterocycles. The average Bonchev–Trinajstić information content (AvgIpc) is 2.82. The molecule has 2 rings (SSSR count). The number of carbonyl (C=O) groups is 1. The fourth-order valence-electron chi connectivity index (χ4n) is 2.02. The van der Waals surface area contributed by atoms with Crippen molar-refractivity contribution in [1.82, 2.24) is 10.3 Å². The van der Waals surface area contributed by atoms with Crippen LogP contribution in [0.2, 0.25) is 0 Å². The molecule has 22 heavy (non-hydrogen) atoms. The van der Waals surface area contributed by atoms with Gasteiger partial charge in [0.15, 0.2) is 6.10 Å². The van der Waals surface area contributed by atoms with Gasteiger partial charge in [-0.15, -0.1) is 11.3 Å². The van der Waals surface area contributed by atoms with E-state index in [0.717, 1.165) is 21.1 Å². The van der Waals surface area contributed by atoms with Crippen LogP contribution in [0.15, 0.2) is 24.3 Å². The van der Waals surface area contributed by atoms with Crippen LogP contribution in [0.1, 0.15) is 28.1 Å². The fraction of sp³-hybridized carbons (Fsp3) is 0.375. The molecule has 0 fully saturated rings. The number of aliphatic hydroxyl groups is 1. The smallest absolute Gasteiger partial charge is 0.261 e. The van der Waals surface area contributed by atoms with Gasteiger partial charge in [-0.05, 0) is 38.5 Å². The van der Waals surface area contributed by atoms with E-state index < -0.39 is 6.10 Å². The lowest BCUT2D eigenvalue weighted by Crippen LogP contribution is -2.35. The molecule has 2 N–H and O–H groups in total. The fourth-order valence-corrected chi connectivity index (χ4v) is 2.90. The van der Waals surface area contributed by atoms with E-state index in [1.54, 1.807) is 42.5 Å². The highest BCUT2D eigenvalue weighted by molar-refractivity contribution is 7.11. The maximum atomic E-state index is 12.1. The lowest BCUT2D eigenvalue weighted by Gasteiger charge is -2.15. The van der Waals surface area contributed by atoms with Crippen molar-refractivity contribution in [2.75, 3.05) is 0 Å². The van der Waals surface area contributed by atoms with Gasteiger partial charge in [-0.1, -0.05) is 12.1 Å². The molecule has 6 heteroatoms. The number of benzene rings is 1. The zero-order valence-corrected chi connectivity index (χ0v) is 13.7. The monoisotopic (exact) mass is 320 g/mol. The number of thiazole rings is 1. The maximum absolute atomic E-state index is 12.1. The number of rotatable bonds is 6. The van der Waals surface area contributed by atoms with Gasteiger partial charge >= 0.3 is 0 Å². The minimum absolute atomic E-state index is 0.0538. The number of aryl methyl sites for hydroxylation is 2. The van der Waals surface area contributed by atoms with Gasteiger partial charge < -0.3 is 15.2 Å². The van der Waals surface area contributed by atoms with Gasteiger partial charge in [-0.25, -0.2) is 4.98 Å². The van der Waals surface area contributed by atoms with Crippen molar-refractivity contribution in [3.05, 3.63) is 45.4 Å². The van der Waals surface area contributed by atoms with E-state index in [2.05, 4.69) is 10.3 Å². The summed E-state index contributed by atoms with van der Waals surface area (Å²) >= 11 is 1.58. The Bertz CT molecular complexity index is 655. The molecular formula is C16H20N2O3S. The van der Waals surface area contributed by atoms with Crippen LogP contribution in [0.25, 0.3) is 0 Å². The van der Waals surface area contributed by atoms with E-state index in [1.165, 1.54) is 0 Å². The highest BCUT2D eigenvalue weighted by atomic mass is 32.1.